The van der Waals surface area contributed by atoms with Gasteiger partial charge in [0, 0.05) is 12.6 Å². The molecule has 0 radical (unpaired) electrons. The topological polar surface area (TPSA) is 50.2 Å². The average Bonchev–Trinajstić information content (AvgIpc) is 2.80. The molecular formula is C13H17BrN4O. The van der Waals surface area contributed by atoms with E-state index in [4.69, 9.17) is 6.42 Å². The first-order chi connectivity index (χ1) is 9.13. The van der Waals surface area contributed by atoms with Gasteiger partial charge in [0.25, 0.3) is 5.56 Å². The van der Waals surface area contributed by atoms with E-state index in [0.29, 0.717) is 10.5 Å². The zero-order valence-corrected chi connectivity index (χ0v) is 12.5. The van der Waals surface area contributed by atoms with E-state index in [1.807, 2.05) is 0 Å². The Hall–Kier alpha value is -1.32. The Kier molecular flexibility index (Phi) is 4.61. The van der Waals surface area contributed by atoms with Gasteiger partial charge in [-0.25, -0.2) is 4.68 Å². The van der Waals surface area contributed by atoms with Gasteiger partial charge >= 0.3 is 0 Å². The highest BCUT2D eigenvalue weighted by molar-refractivity contribution is 9.10. The van der Waals surface area contributed by atoms with Crippen molar-refractivity contribution >= 4 is 21.6 Å². The fraction of sp³-hybridized carbons (Fsp3) is 0.538. The summed E-state index contributed by atoms with van der Waals surface area (Å²) < 4.78 is 1.75. The van der Waals surface area contributed by atoms with Crippen LogP contribution >= 0.6 is 15.9 Å². The molecule has 1 atom stereocenters. The summed E-state index contributed by atoms with van der Waals surface area (Å²) in [5.41, 5.74) is 0.515. The Labute approximate surface area is 121 Å². The highest BCUT2D eigenvalue weighted by atomic mass is 79.9. The summed E-state index contributed by atoms with van der Waals surface area (Å²) >= 11 is 3.31. The van der Waals surface area contributed by atoms with Gasteiger partial charge in [-0.2, -0.15) is 5.10 Å². The van der Waals surface area contributed by atoms with E-state index < -0.39 is 0 Å². The van der Waals surface area contributed by atoms with Crippen LogP contribution in [0.4, 0.5) is 5.69 Å². The number of likely N-dealkylation sites (N-methyl/N-ethyl adjacent to an activating group) is 1. The number of hydrogen-bond acceptors (Lipinski definition) is 4. The number of hydrogen-bond donors (Lipinski definition) is 1. The van der Waals surface area contributed by atoms with Crippen molar-refractivity contribution < 1.29 is 0 Å². The first-order valence-electron chi connectivity index (χ1n) is 6.26. The van der Waals surface area contributed by atoms with E-state index in [1.165, 1.54) is 17.5 Å². The molecule has 0 saturated carbocycles. The normalized spacial score (nSPS) is 19.3. The number of nitrogens with one attached hydrogen (secondary N) is 1. The summed E-state index contributed by atoms with van der Waals surface area (Å²) in [5.74, 6) is 2.41. The highest BCUT2D eigenvalue weighted by Crippen LogP contribution is 2.19. The predicted molar refractivity (Wildman–Crippen MR) is 79.2 cm³/mol. The summed E-state index contributed by atoms with van der Waals surface area (Å²) in [6.07, 6.45) is 9.24. The van der Waals surface area contributed by atoms with Gasteiger partial charge in [-0.05, 0) is 42.4 Å². The molecule has 102 valence electrons. The molecule has 2 heterocycles. The van der Waals surface area contributed by atoms with E-state index in [2.05, 4.69) is 44.2 Å². The third-order valence-electron chi connectivity index (χ3n) is 3.43. The molecule has 1 fully saturated rings. The lowest BCUT2D eigenvalue weighted by atomic mass is 10.2. The molecule has 1 N–H and O–H groups in total. The summed E-state index contributed by atoms with van der Waals surface area (Å²) in [4.78, 5) is 14.3. The second kappa shape index (κ2) is 6.22. The molecule has 1 aliphatic rings. The Bertz CT molecular complexity index is 549. The molecule has 1 aliphatic heterocycles. The molecule has 0 bridgehead atoms. The average molecular weight is 325 g/mol. The molecule has 0 spiro atoms. The Morgan fingerprint density at radius 2 is 2.47 bits per heavy atom. The Morgan fingerprint density at radius 1 is 1.68 bits per heavy atom. The number of halogens is 1. The van der Waals surface area contributed by atoms with Crippen LogP contribution in [-0.4, -0.2) is 40.9 Å². The zero-order chi connectivity index (χ0) is 13.8. The van der Waals surface area contributed by atoms with Crippen LogP contribution < -0.4 is 10.9 Å². The highest BCUT2D eigenvalue weighted by Gasteiger charge is 2.20. The molecule has 6 heteroatoms. The molecule has 0 aliphatic carbocycles. The lowest BCUT2D eigenvalue weighted by Gasteiger charge is -2.20. The quantitative estimate of drug-likeness (QED) is 0.844. The Balaban J connectivity index is 2.07. The van der Waals surface area contributed by atoms with Gasteiger partial charge < -0.3 is 10.2 Å². The smallest absolute Gasteiger partial charge is 0.284 e. The largest absolute Gasteiger partial charge is 0.381 e. The van der Waals surface area contributed by atoms with Gasteiger partial charge in [-0.1, -0.05) is 5.92 Å². The van der Waals surface area contributed by atoms with Gasteiger partial charge in [-0.15, -0.1) is 6.42 Å². The van der Waals surface area contributed by atoms with Crippen LogP contribution in [0, 0.1) is 12.3 Å². The van der Waals surface area contributed by atoms with E-state index in [1.54, 1.807) is 6.20 Å². The predicted octanol–water partition coefficient (Wildman–Crippen LogP) is 1.15. The van der Waals surface area contributed by atoms with Crippen molar-refractivity contribution in [1.29, 1.82) is 0 Å². The first-order valence-corrected chi connectivity index (χ1v) is 7.06. The summed E-state index contributed by atoms with van der Waals surface area (Å²) in [5, 5.41) is 7.33. The molecule has 0 aromatic carbocycles. The number of anilines is 1. The van der Waals surface area contributed by atoms with Crippen molar-refractivity contribution in [2.24, 2.45) is 0 Å². The number of terminal acetylenes is 1. The number of nitrogens with zero attached hydrogens (tertiary/aromatic N) is 3. The van der Waals surface area contributed by atoms with Gasteiger partial charge in [-0.3, -0.25) is 4.79 Å². The minimum absolute atomic E-state index is 0.184. The summed E-state index contributed by atoms with van der Waals surface area (Å²) in [6, 6.07) is 0.514. The molecule has 1 saturated heterocycles. The molecule has 1 unspecified atom stereocenters. The van der Waals surface area contributed by atoms with Gasteiger partial charge in [0.2, 0.25) is 0 Å². The fourth-order valence-corrected chi connectivity index (χ4v) is 2.70. The van der Waals surface area contributed by atoms with E-state index in [0.717, 1.165) is 18.8 Å². The van der Waals surface area contributed by atoms with Crippen molar-refractivity contribution in [3.05, 3.63) is 21.0 Å². The zero-order valence-electron chi connectivity index (χ0n) is 10.9. The molecule has 1 aromatic heterocycles. The van der Waals surface area contributed by atoms with Crippen molar-refractivity contribution in [1.82, 2.24) is 14.7 Å². The third-order valence-corrected chi connectivity index (χ3v) is 4.19. The maximum atomic E-state index is 11.9. The van der Waals surface area contributed by atoms with Crippen molar-refractivity contribution in [3.63, 3.8) is 0 Å². The number of aromatic nitrogens is 2. The number of rotatable bonds is 4. The molecular weight excluding hydrogens is 308 g/mol. The minimum atomic E-state index is -0.206. The molecule has 2 rings (SSSR count). The summed E-state index contributed by atoms with van der Waals surface area (Å²) in [7, 11) is 2.12. The second-order valence-electron chi connectivity index (χ2n) is 4.70. The van der Waals surface area contributed by atoms with Crippen molar-refractivity contribution in [3.8, 4) is 12.3 Å². The summed E-state index contributed by atoms with van der Waals surface area (Å²) in [6.45, 7) is 2.13. The van der Waals surface area contributed by atoms with E-state index in [-0.39, 0.29) is 12.1 Å². The molecule has 5 nitrogen and oxygen atoms in total. The minimum Gasteiger partial charge on any atom is -0.381 e. The second-order valence-corrected chi connectivity index (χ2v) is 5.49. The SMILES string of the molecule is C#CCn1ncc(NCC2CCCN2C)c(Br)c1=O. The van der Waals surface area contributed by atoms with Crippen molar-refractivity contribution in [2.45, 2.75) is 25.4 Å². The third kappa shape index (κ3) is 3.17. The molecule has 19 heavy (non-hydrogen) atoms. The van der Waals surface area contributed by atoms with E-state index >= 15 is 0 Å². The van der Waals surface area contributed by atoms with Crippen LogP contribution in [-0.2, 0) is 6.54 Å². The lowest BCUT2D eigenvalue weighted by molar-refractivity contribution is 0.322. The van der Waals surface area contributed by atoms with Crippen molar-refractivity contribution in [2.75, 3.05) is 25.5 Å². The van der Waals surface area contributed by atoms with Crippen LogP contribution in [0.3, 0.4) is 0 Å². The van der Waals surface area contributed by atoms with Gasteiger partial charge in [0.1, 0.15) is 11.0 Å². The Morgan fingerprint density at radius 3 is 3.11 bits per heavy atom. The monoisotopic (exact) mass is 324 g/mol. The fourth-order valence-electron chi connectivity index (χ4n) is 2.25. The standard InChI is InChI=1S/C13H17BrN4O/c1-3-6-18-13(19)12(14)11(9-16-18)15-8-10-5-4-7-17(10)2/h1,9-10,15H,4-8H2,2H3. The van der Waals surface area contributed by atoms with Crippen LogP contribution in [0.25, 0.3) is 0 Å². The number of likely N-dealkylation sites (tertiary alicyclic amines) is 1. The van der Waals surface area contributed by atoms with Gasteiger partial charge in [0.05, 0.1) is 11.9 Å². The van der Waals surface area contributed by atoms with Crippen LogP contribution in [0.2, 0.25) is 0 Å². The maximum Gasteiger partial charge on any atom is 0.284 e. The lowest BCUT2D eigenvalue weighted by Crippen LogP contribution is -2.32. The van der Waals surface area contributed by atoms with Crippen LogP contribution in [0.5, 0.6) is 0 Å². The molecule has 0 amide bonds. The van der Waals surface area contributed by atoms with Gasteiger partial charge in [0.15, 0.2) is 0 Å². The van der Waals surface area contributed by atoms with Crippen LogP contribution in [0.1, 0.15) is 12.8 Å². The molecule has 1 aromatic rings. The maximum absolute atomic E-state index is 11.9. The van der Waals surface area contributed by atoms with Crippen LogP contribution in [0.15, 0.2) is 15.5 Å². The first kappa shape index (κ1) is 14.1. The van der Waals surface area contributed by atoms with E-state index in [9.17, 15) is 4.79 Å².